The maximum absolute atomic E-state index is 8.06. The normalized spacial score (nSPS) is 21.4. The Kier molecular flexibility index (Phi) is 3.06. The molecule has 1 aromatic carbocycles. The van der Waals surface area contributed by atoms with E-state index >= 15 is 0 Å². The Morgan fingerprint density at radius 1 is 1.50 bits per heavy atom. The van der Waals surface area contributed by atoms with Gasteiger partial charge in [-0.3, -0.25) is 0 Å². The summed E-state index contributed by atoms with van der Waals surface area (Å²) in [5.74, 6) is 0. The van der Waals surface area contributed by atoms with Gasteiger partial charge in [0.25, 0.3) is 0 Å². The van der Waals surface area contributed by atoms with Crippen molar-refractivity contribution in [3.05, 3.63) is 29.8 Å². The molecular formula is C15H23N. The number of para-hydroxylation sites is 1. The van der Waals surface area contributed by atoms with Gasteiger partial charge in [0.05, 0.1) is 2.74 Å². The quantitative estimate of drug-likeness (QED) is 0.691. The van der Waals surface area contributed by atoms with Gasteiger partial charge in [0.2, 0.25) is 0 Å². The van der Waals surface area contributed by atoms with Crippen molar-refractivity contribution in [1.82, 2.24) is 0 Å². The molecule has 0 aromatic heterocycles. The van der Waals surface area contributed by atoms with Crippen molar-refractivity contribution in [3.8, 4) is 0 Å². The number of fused-ring (bicyclic) bond motifs is 1. The SMILES string of the molecule is [2H]c1cc([2H])c2c(c1)CCC(CCCCC)N2C. The van der Waals surface area contributed by atoms with Crippen LogP contribution in [0.2, 0.25) is 0 Å². The average molecular weight is 219 g/mol. The molecule has 1 aliphatic rings. The van der Waals surface area contributed by atoms with E-state index in [1.165, 1.54) is 31.2 Å². The summed E-state index contributed by atoms with van der Waals surface area (Å²) in [4.78, 5) is 2.27. The van der Waals surface area contributed by atoms with Crippen LogP contribution in [-0.2, 0) is 6.42 Å². The molecule has 16 heavy (non-hydrogen) atoms. The Hall–Kier alpha value is -0.980. The van der Waals surface area contributed by atoms with E-state index in [9.17, 15) is 0 Å². The largest absolute Gasteiger partial charge is 0.371 e. The number of unbranched alkanes of at least 4 members (excludes halogenated alkanes) is 2. The topological polar surface area (TPSA) is 3.24 Å². The number of benzene rings is 1. The van der Waals surface area contributed by atoms with Crippen molar-refractivity contribution in [3.63, 3.8) is 0 Å². The zero-order valence-electron chi connectivity index (χ0n) is 12.4. The molecule has 0 saturated heterocycles. The highest BCUT2D eigenvalue weighted by Crippen LogP contribution is 2.30. The summed E-state index contributed by atoms with van der Waals surface area (Å²) < 4.78 is 15.8. The van der Waals surface area contributed by atoms with Crippen LogP contribution in [0, 0.1) is 0 Å². The van der Waals surface area contributed by atoms with Crippen molar-refractivity contribution < 1.29 is 2.74 Å². The molecule has 1 aliphatic heterocycles. The van der Waals surface area contributed by atoms with Crippen LogP contribution in [0.3, 0.4) is 0 Å². The lowest BCUT2D eigenvalue weighted by molar-refractivity contribution is 0.493. The lowest BCUT2D eigenvalue weighted by atomic mass is 9.93. The molecule has 2 rings (SSSR count). The monoisotopic (exact) mass is 219 g/mol. The molecule has 1 heterocycles. The number of rotatable bonds is 4. The first kappa shape index (κ1) is 9.09. The Bertz CT molecular complexity index is 417. The summed E-state index contributed by atoms with van der Waals surface area (Å²) in [7, 11) is 2.11. The van der Waals surface area contributed by atoms with E-state index < -0.39 is 0 Å². The third kappa shape index (κ3) is 2.40. The van der Waals surface area contributed by atoms with Gasteiger partial charge in [-0.15, -0.1) is 0 Å². The zero-order chi connectivity index (χ0) is 13.1. The van der Waals surface area contributed by atoms with Gasteiger partial charge in [-0.1, -0.05) is 44.4 Å². The molecule has 0 saturated carbocycles. The summed E-state index contributed by atoms with van der Waals surface area (Å²) in [5, 5.41) is 0. The van der Waals surface area contributed by atoms with Gasteiger partial charge in [-0.2, -0.15) is 0 Å². The smallest absolute Gasteiger partial charge is 0.0645 e. The van der Waals surface area contributed by atoms with Gasteiger partial charge in [0.15, 0.2) is 0 Å². The Morgan fingerprint density at radius 3 is 3.19 bits per heavy atom. The number of hydrogen-bond acceptors (Lipinski definition) is 1. The Morgan fingerprint density at radius 2 is 2.38 bits per heavy atom. The van der Waals surface area contributed by atoms with Crippen LogP contribution in [0.4, 0.5) is 5.69 Å². The summed E-state index contributed by atoms with van der Waals surface area (Å²) >= 11 is 0. The fourth-order valence-corrected chi connectivity index (χ4v) is 2.60. The van der Waals surface area contributed by atoms with Crippen LogP contribution in [0.5, 0.6) is 0 Å². The molecule has 88 valence electrons. The van der Waals surface area contributed by atoms with E-state index in [2.05, 4.69) is 18.9 Å². The minimum atomic E-state index is 0.469. The van der Waals surface area contributed by atoms with Gasteiger partial charge in [-0.05, 0) is 30.9 Å². The Balaban J connectivity index is 2.15. The van der Waals surface area contributed by atoms with Crippen molar-refractivity contribution in [2.45, 2.75) is 51.5 Å². The van der Waals surface area contributed by atoms with E-state index in [4.69, 9.17) is 2.74 Å². The molecule has 0 amide bonds. The van der Waals surface area contributed by atoms with E-state index in [1.807, 2.05) is 6.07 Å². The standard InChI is InChI=1S/C15H23N/c1-3-4-5-9-14-12-11-13-8-6-7-10-15(13)16(14)2/h6-8,10,14H,3-5,9,11-12H2,1-2H3/i6D,10D. The van der Waals surface area contributed by atoms with Gasteiger partial charge >= 0.3 is 0 Å². The summed E-state index contributed by atoms with van der Waals surface area (Å²) in [6.45, 7) is 2.23. The second-order valence-corrected chi connectivity index (χ2v) is 4.77. The molecule has 0 N–H and O–H groups in total. The molecule has 1 heteroatoms. The van der Waals surface area contributed by atoms with Crippen LogP contribution < -0.4 is 4.90 Å². The maximum atomic E-state index is 8.06. The van der Waals surface area contributed by atoms with Crippen LogP contribution in [0.25, 0.3) is 0 Å². The van der Waals surface area contributed by atoms with Gasteiger partial charge in [-0.25, -0.2) is 0 Å². The minimum Gasteiger partial charge on any atom is -0.371 e. The summed E-state index contributed by atoms with van der Waals surface area (Å²) in [5.41, 5.74) is 2.24. The lowest BCUT2D eigenvalue weighted by Gasteiger charge is -2.36. The van der Waals surface area contributed by atoms with E-state index in [0.717, 1.165) is 18.5 Å². The lowest BCUT2D eigenvalue weighted by Crippen LogP contribution is -2.35. The molecule has 0 fully saturated rings. The first-order chi connectivity index (χ1) is 8.63. The third-order valence-electron chi connectivity index (χ3n) is 3.64. The first-order valence-electron chi connectivity index (χ1n) is 7.46. The van der Waals surface area contributed by atoms with E-state index in [-0.39, 0.29) is 0 Å². The predicted molar refractivity (Wildman–Crippen MR) is 71.1 cm³/mol. The zero-order valence-corrected chi connectivity index (χ0v) is 10.4. The maximum Gasteiger partial charge on any atom is 0.0645 e. The Labute approximate surface area is 102 Å². The van der Waals surface area contributed by atoms with Gasteiger partial charge < -0.3 is 4.90 Å². The highest BCUT2D eigenvalue weighted by Gasteiger charge is 2.21. The minimum absolute atomic E-state index is 0.469. The van der Waals surface area contributed by atoms with Crippen LogP contribution >= 0.6 is 0 Å². The van der Waals surface area contributed by atoms with Crippen LogP contribution in [0.15, 0.2) is 24.2 Å². The molecule has 1 unspecified atom stereocenters. The fourth-order valence-electron chi connectivity index (χ4n) is 2.60. The first-order valence-corrected chi connectivity index (χ1v) is 6.46. The number of aryl methyl sites for hydroxylation is 1. The van der Waals surface area contributed by atoms with Crippen molar-refractivity contribution in [2.24, 2.45) is 0 Å². The van der Waals surface area contributed by atoms with Crippen molar-refractivity contribution >= 4 is 5.69 Å². The van der Waals surface area contributed by atoms with Gasteiger partial charge in [0.1, 0.15) is 0 Å². The highest BCUT2D eigenvalue weighted by atomic mass is 15.1. The summed E-state index contributed by atoms with van der Waals surface area (Å²) in [6, 6.07) is 5.14. The summed E-state index contributed by atoms with van der Waals surface area (Å²) in [6.07, 6.45) is 7.26. The number of hydrogen-bond donors (Lipinski definition) is 0. The average Bonchev–Trinajstić information content (AvgIpc) is 2.31. The molecule has 0 radical (unpaired) electrons. The van der Waals surface area contributed by atoms with E-state index in [0.29, 0.717) is 18.1 Å². The molecule has 1 atom stereocenters. The predicted octanol–water partition coefficient (Wildman–Crippen LogP) is 4.02. The second-order valence-electron chi connectivity index (χ2n) is 4.77. The van der Waals surface area contributed by atoms with Crippen LogP contribution in [0.1, 0.15) is 47.3 Å². The molecule has 0 aliphatic carbocycles. The highest BCUT2D eigenvalue weighted by molar-refractivity contribution is 5.55. The van der Waals surface area contributed by atoms with Gasteiger partial charge in [0, 0.05) is 18.8 Å². The van der Waals surface area contributed by atoms with Crippen molar-refractivity contribution in [1.29, 1.82) is 0 Å². The number of anilines is 1. The molecule has 0 bridgehead atoms. The van der Waals surface area contributed by atoms with Crippen LogP contribution in [-0.4, -0.2) is 13.1 Å². The molecule has 1 aromatic rings. The van der Waals surface area contributed by atoms with Crippen molar-refractivity contribution in [2.75, 3.05) is 11.9 Å². The third-order valence-corrected chi connectivity index (χ3v) is 3.64. The molecule has 0 spiro atoms. The second kappa shape index (κ2) is 5.38. The molecule has 1 nitrogen and oxygen atoms in total. The molecular weight excluding hydrogens is 194 g/mol. The number of nitrogens with zero attached hydrogens (tertiary/aromatic N) is 1. The van der Waals surface area contributed by atoms with E-state index in [1.54, 1.807) is 6.07 Å². The fraction of sp³-hybridized carbons (Fsp3) is 0.600.